The van der Waals surface area contributed by atoms with Gasteiger partial charge in [-0.1, -0.05) is 25.9 Å². The minimum absolute atomic E-state index is 0.0132. The molecule has 0 saturated carbocycles. The zero-order valence-corrected chi connectivity index (χ0v) is 14.1. The fourth-order valence-electron chi connectivity index (χ4n) is 2.67. The summed E-state index contributed by atoms with van der Waals surface area (Å²) in [6.45, 7) is 12.0. The maximum Gasteiger partial charge on any atom is 0.259 e. The van der Waals surface area contributed by atoms with Crippen LogP contribution in [0.1, 0.15) is 49.0 Å². The van der Waals surface area contributed by atoms with Gasteiger partial charge in [-0.25, -0.2) is 0 Å². The van der Waals surface area contributed by atoms with E-state index in [1.54, 1.807) is 18.7 Å². The summed E-state index contributed by atoms with van der Waals surface area (Å²) in [5.74, 6) is 0.657. The maximum absolute atomic E-state index is 12.5. The smallest absolute Gasteiger partial charge is 0.259 e. The fraction of sp³-hybridized carbons (Fsp3) is 0.688. The Morgan fingerprint density at radius 2 is 1.64 bits per heavy atom. The molecule has 0 unspecified atom stereocenters. The molecule has 0 atom stereocenters. The Morgan fingerprint density at radius 1 is 1.09 bits per heavy atom. The van der Waals surface area contributed by atoms with Crippen LogP contribution in [0.5, 0.6) is 0 Å². The Balaban J connectivity index is 1.95. The average Bonchev–Trinajstić information content (AvgIpc) is 2.76. The molecular weight excluding hydrogens is 282 g/mol. The van der Waals surface area contributed by atoms with E-state index in [1.165, 1.54) is 0 Å². The Hall–Kier alpha value is -1.85. The molecule has 1 aliphatic heterocycles. The third-order valence-corrected chi connectivity index (χ3v) is 3.85. The summed E-state index contributed by atoms with van der Waals surface area (Å²) in [4.78, 5) is 28.4. The van der Waals surface area contributed by atoms with E-state index in [9.17, 15) is 9.59 Å². The number of amides is 2. The van der Waals surface area contributed by atoms with Crippen molar-refractivity contribution in [3.05, 3.63) is 17.0 Å². The second-order valence-electron chi connectivity index (χ2n) is 7.11. The predicted octanol–water partition coefficient (Wildman–Crippen LogP) is 2.01. The van der Waals surface area contributed by atoms with Crippen molar-refractivity contribution in [3.8, 4) is 0 Å². The van der Waals surface area contributed by atoms with Crippen molar-refractivity contribution in [1.82, 2.24) is 15.0 Å². The lowest BCUT2D eigenvalue weighted by atomic mass is 9.91. The molecule has 2 amide bonds. The molecule has 0 aliphatic carbocycles. The largest absolute Gasteiger partial charge is 0.361 e. The number of hydrogen-bond acceptors (Lipinski definition) is 4. The molecule has 1 aliphatic rings. The fourth-order valence-corrected chi connectivity index (χ4v) is 2.67. The first-order chi connectivity index (χ1) is 10.2. The zero-order valence-electron chi connectivity index (χ0n) is 14.1. The molecular formula is C16H25N3O3. The lowest BCUT2D eigenvalue weighted by Gasteiger charge is -2.36. The monoisotopic (exact) mass is 307 g/mol. The van der Waals surface area contributed by atoms with Crippen molar-refractivity contribution in [3.63, 3.8) is 0 Å². The highest BCUT2D eigenvalue weighted by molar-refractivity contribution is 5.96. The van der Waals surface area contributed by atoms with E-state index in [0.717, 1.165) is 0 Å². The van der Waals surface area contributed by atoms with Crippen LogP contribution in [0.15, 0.2) is 4.52 Å². The summed E-state index contributed by atoms with van der Waals surface area (Å²) in [7, 11) is 0. The van der Waals surface area contributed by atoms with Gasteiger partial charge >= 0.3 is 0 Å². The normalized spacial score (nSPS) is 16.0. The number of nitrogens with zero attached hydrogens (tertiary/aromatic N) is 3. The summed E-state index contributed by atoms with van der Waals surface area (Å²) >= 11 is 0. The molecule has 6 nitrogen and oxygen atoms in total. The SMILES string of the molecule is Cc1noc(C)c1C(=O)N1CCN(C(=O)CC(C)(C)C)CC1. The number of aromatic nitrogens is 1. The predicted molar refractivity (Wildman–Crippen MR) is 82.5 cm³/mol. The van der Waals surface area contributed by atoms with E-state index in [1.807, 2.05) is 4.90 Å². The molecule has 0 bridgehead atoms. The van der Waals surface area contributed by atoms with Crippen LogP contribution in [0.3, 0.4) is 0 Å². The van der Waals surface area contributed by atoms with E-state index >= 15 is 0 Å². The summed E-state index contributed by atoms with van der Waals surface area (Å²) < 4.78 is 5.06. The van der Waals surface area contributed by atoms with Crippen LogP contribution >= 0.6 is 0 Å². The van der Waals surface area contributed by atoms with Crippen molar-refractivity contribution < 1.29 is 14.1 Å². The van der Waals surface area contributed by atoms with E-state index in [4.69, 9.17) is 4.52 Å². The second-order valence-corrected chi connectivity index (χ2v) is 7.11. The van der Waals surface area contributed by atoms with Gasteiger partial charge in [-0.05, 0) is 19.3 Å². The second kappa shape index (κ2) is 6.10. The third kappa shape index (κ3) is 3.67. The van der Waals surface area contributed by atoms with Crippen LogP contribution in [-0.2, 0) is 4.79 Å². The highest BCUT2D eigenvalue weighted by Crippen LogP contribution is 2.21. The van der Waals surface area contributed by atoms with Crippen LogP contribution in [0.2, 0.25) is 0 Å². The molecule has 1 aromatic heterocycles. The first kappa shape index (κ1) is 16.5. The van der Waals surface area contributed by atoms with Gasteiger partial charge in [-0.2, -0.15) is 0 Å². The first-order valence-electron chi connectivity index (χ1n) is 7.69. The molecule has 0 radical (unpaired) electrons. The number of piperazine rings is 1. The highest BCUT2D eigenvalue weighted by atomic mass is 16.5. The molecule has 0 spiro atoms. The van der Waals surface area contributed by atoms with Gasteiger partial charge in [-0.3, -0.25) is 9.59 Å². The molecule has 6 heteroatoms. The quantitative estimate of drug-likeness (QED) is 0.838. The Bertz CT molecular complexity index is 544. The van der Waals surface area contributed by atoms with Crippen LogP contribution in [0.25, 0.3) is 0 Å². The van der Waals surface area contributed by atoms with Crippen molar-refractivity contribution in [2.24, 2.45) is 5.41 Å². The van der Waals surface area contributed by atoms with E-state index in [0.29, 0.717) is 49.6 Å². The number of rotatable bonds is 2. The molecule has 0 aromatic carbocycles. The van der Waals surface area contributed by atoms with Crippen molar-refractivity contribution in [2.45, 2.75) is 41.0 Å². The molecule has 2 rings (SSSR count). The van der Waals surface area contributed by atoms with Gasteiger partial charge < -0.3 is 14.3 Å². The minimum atomic E-state index is -0.0563. The Labute approximate surface area is 131 Å². The molecule has 22 heavy (non-hydrogen) atoms. The molecule has 122 valence electrons. The molecule has 1 aromatic rings. The number of carbonyl (C=O) groups is 2. The number of carbonyl (C=O) groups excluding carboxylic acids is 2. The van der Waals surface area contributed by atoms with Crippen molar-refractivity contribution in [2.75, 3.05) is 26.2 Å². The van der Waals surface area contributed by atoms with E-state index < -0.39 is 0 Å². The maximum atomic E-state index is 12.5. The van der Waals surface area contributed by atoms with Crippen LogP contribution in [0.4, 0.5) is 0 Å². The standard InChI is InChI=1S/C16H25N3O3/c1-11-14(12(2)22-17-11)15(21)19-8-6-18(7-9-19)13(20)10-16(3,4)5/h6-10H2,1-5H3. The zero-order chi connectivity index (χ0) is 16.5. The lowest BCUT2D eigenvalue weighted by Crippen LogP contribution is -2.51. The summed E-state index contributed by atoms with van der Waals surface area (Å²) in [5, 5.41) is 3.83. The summed E-state index contributed by atoms with van der Waals surface area (Å²) in [6, 6.07) is 0. The van der Waals surface area contributed by atoms with Gasteiger partial charge in [0, 0.05) is 32.6 Å². The number of aryl methyl sites for hydroxylation is 2. The van der Waals surface area contributed by atoms with E-state index in [2.05, 4.69) is 25.9 Å². The Morgan fingerprint density at radius 3 is 2.09 bits per heavy atom. The van der Waals surface area contributed by atoms with Gasteiger partial charge in [0.1, 0.15) is 11.3 Å². The van der Waals surface area contributed by atoms with Gasteiger partial charge in [0.05, 0.1) is 5.69 Å². The minimum Gasteiger partial charge on any atom is -0.361 e. The highest BCUT2D eigenvalue weighted by Gasteiger charge is 2.29. The van der Waals surface area contributed by atoms with Crippen LogP contribution in [-0.4, -0.2) is 52.9 Å². The summed E-state index contributed by atoms with van der Waals surface area (Å²) in [6.07, 6.45) is 0.533. The lowest BCUT2D eigenvalue weighted by molar-refractivity contribution is -0.134. The average molecular weight is 307 g/mol. The molecule has 0 N–H and O–H groups in total. The van der Waals surface area contributed by atoms with Gasteiger partial charge in [0.25, 0.3) is 5.91 Å². The van der Waals surface area contributed by atoms with Crippen molar-refractivity contribution in [1.29, 1.82) is 0 Å². The van der Waals surface area contributed by atoms with Crippen LogP contribution < -0.4 is 0 Å². The molecule has 2 heterocycles. The third-order valence-electron chi connectivity index (χ3n) is 3.85. The van der Waals surface area contributed by atoms with E-state index in [-0.39, 0.29) is 17.2 Å². The molecule has 1 saturated heterocycles. The van der Waals surface area contributed by atoms with Gasteiger partial charge in [-0.15, -0.1) is 0 Å². The van der Waals surface area contributed by atoms with Crippen LogP contribution in [0, 0.1) is 19.3 Å². The number of hydrogen-bond donors (Lipinski definition) is 0. The Kier molecular flexibility index (Phi) is 4.58. The summed E-state index contributed by atoms with van der Waals surface area (Å²) in [5.41, 5.74) is 1.16. The van der Waals surface area contributed by atoms with Gasteiger partial charge in [0.2, 0.25) is 5.91 Å². The first-order valence-corrected chi connectivity index (χ1v) is 7.69. The van der Waals surface area contributed by atoms with Gasteiger partial charge in [0.15, 0.2) is 0 Å². The van der Waals surface area contributed by atoms with Crippen molar-refractivity contribution >= 4 is 11.8 Å². The molecule has 1 fully saturated rings. The topological polar surface area (TPSA) is 66.7 Å².